The highest BCUT2D eigenvalue weighted by Crippen LogP contribution is 2.28. The Morgan fingerprint density at radius 1 is 1.00 bits per heavy atom. The van der Waals surface area contributed by atoms with Gasteiger partial charge in [-0.15, -0.1) is 0 Å². The van der Waals surface area contributed by atoms with Crippen molar-refractivity contribution in [2.24, 2.45) is 0 Å². The van der Waals surface area contributed by atoms with Gasteiger partial charge in [0, 0.05) is 32.7 Å². The number of thioether (sulfide) groups is 1. The number of amides is 1. The number of benzene rings is 2. The zero-order valence-corrected chi connectivity index (χ0v) is 16.7. The van der Waals surface area contributed by atoms with E-state index in [4.69, 9.17) is 0 Å². The zero-order valence-electron chi connectivity index (χ0n) is 15.9. The Morgan fingerprint density at radius 3 is 2.41 bits per heavy atom. The van der Waals surface area contributed by atoms with Crippen LogP contribution in [0.2, 0.25) is 0 Å². The maximum atomic E-state index is 13.0. The number of halogens is 2. The molecule has 1 fully saturated rings. The van der Waals surface area contributed by atoms with Crippen LogP contribution in [0, 0.1) is 0 Å². The van der Waals surface area contributed by atoms with E-state index in [1.165, 1.54) is 5.56 Å². The lowest BCUT2D eigenvalue weighted by Gasteiger charge is -2.35. The summed E-state index contributed by atoms with van der Waals surface area (Å²) in [6.07, 6.45) is 0. The Balaban J connectivity index is 1.41. The highest BCUT2D eigenvalue weighted by Gasteiger charge is 2.24. The molecule has 0 atom stereocenters. The Kier molecular flexibility index (Phi) is 6.10. The van der Waals surface area contributed by atoms with Gasteiger partial charge < -0.3 is 9.47 Å². The quantitative estimate of drug-likeness (QED) is 0.575. The molecule has 4 rings (SSSR count). The van der Waals surface area contributed by atoms with Crippen molar-refractivity contribution in [3.05, 3.63) is 60.2 Å². The van der Waals surface area contributed by atoms with Gasteiger partial charge in [0.05, 0.1) is 11.0 Å². The Labute approximate surface area is 172 Å². The molecule has 29 heavy (non-hydrogen) atoms. The van der Waals surface area contributed by atoms with E-state index in [0.717, 1.165) is 19.6 Å². The average Bonchev–Trinajstić information content (AvgIpc) is 3.06. The van der Waals surface area contributed by atoms with E-state index >= 15 is 0 Å². The van der Waals surface area contributed by atoms with Crippen LogP contribution in [0.4, 0.5) is 8.78 Å². The van der Waals surface area contributed by atoms with Crippen molar-refractivity contribution in [2.75, 3.05) is 26.2 Å². The zero-order chi connectivity index (χ0) is 20.2. The number of rotatable bonds is 6. The molecule has 152 valence electrons. The fourth-order valence-electron chi connectivity index (χ4n) is 3.61. The number of imidazole rings is 1. The first-order chi connectivity index (χ1) is 14.1. The Bertz CT molecular complexity index is 971. The number of aromatic nitrogens is 2. The summed E-state index contributed by atoms with van der Waals surface area (Å²) in [7, 11) is 0. The first kappa shape index (κ1) is 19.8. The number of carbonyl (C=O) groups excluding carboxylic acids is 1. The molecular weight excluding hydrogens is 394 g/mol. The minimum Gasteiger partial charge on any atom is -0.339 e. The van der Waals surface area contributed by atoms with Gasteiger partial charge in [-0.3, -0.25) is 9.69 Å². The second-order valence-corrected chi connectivity index (χ2v) is 7.95. The van der Waals surface area contributed by atoms with Crippen molar-refractivity contribution in [1.29, 1.82) is 0 Å². The van der Waals surface area contributed by atoms with Crippen LogP contribution in [0.1, 0.15) is 5.56 Å². The van der Waals surface area contributed by atoms with Crippen LogP contribution >= 0.6 is 11.8 Å². The highest BCUT2D eigenvalue weighted by atomic mass is 32.2. The van der Waals surface area contributed by atoms with Crippen LogP contribution in [0.25, 0.3) is 11.0 Å². The van der Waals surface area contributed by atoms with Gasteiger partial charge in [-0.1, -0.05) is 42.5 Å². The van der Waals surface area contributed by atoms with E-state index in [0.29, 0.717) is 35.9 Å². The lowest BCUT2D eigenvalue weighted by molar-refractivity contribution is -0.133. The summed E-state index contributed by atoms with van der Waals surface area (Å²) >= 11 is 0.381. The number of carbonyl (C=O) groups is 1. The van der Waals surface area contributed by atoms with E-state index in [-0.39, 0.29) is 17.6 Å². The van der Waals surface area contributed by atoms with E-state index in [9.17, 15) is 13.6 Å². The molecule has 0 radical (unpaired) electrons. The predicted molar refractivity (Wildman–Crippen MR) is 110 cm³/mol. The molecule has 1 aliphatic rings. The third-order valence-electron chi connectivity index (χ3n) is 5.08. The largest absolute Gasteiger partial charge is 0.339 e. The van der Waals surface area contributed by atoms with Crippen LogP contribution < -0.4 is 0 Å². The Morgan fingerprint density at radius 2 is 1.69 bits per heavy atom. The fraction of sp³-hybridized carbons (Fsp3) is 0.333. The third kappa shape index (κ3) is 4.76. The summed E-state index contributed by atoms with van der Waals surface area (Å²) in [6.45, 7) is 3.75. The number of piperazine rings is 1. The molecule has 8 heteroatoms. The number of hydrogen-bond donors (Lipinski definition) is 0. The molecule has 0 aliphatic carbocycles. The molecule has 2 aromatic carbocycles. The molecule has 1 aromatic heterocycles. The van der Waals surface area contributed by atoms with E-state index in [1.807, 2.05) is 41.3 Å². The smallest absolute Gasteiger partial charge is 0.291 e. The molecule has 1 amide bonds. The number of hydrogen-bond acceptors (Lipinski definition) is 4. The highest BCUT2D eigenvalue weighted by molar-refractivity contribution is 7.99. The molecule has 5 nitrogen and oxygen atoms in total. The van der Waals surface area contributed by atoms with Gasteiger partial charge in [-0.05, 0) is 29.5 Å². The summed E-state index contributed by atoms with van der Waals surface area (Å²) < 4.78 is 27.5. The molecule has 1 saturated heterocycles. The lowest BCUT2D eigenvalue weighted by atomic mass is 10.2. The monoisotopic (exact) mass is 416 g/mol. The van der Waals surface area contributed by atoms with Gasteiger partial charge >= 0.3 is 0 Å². The molecular formula is C21H22F2N4OS. The third-order valence-corrected chi connectivity index (χ3v) is 5.78. The fourth-order valence-corrected chi connectivity index (χ4v) is 4.21. The first-order valence-corrected chi connectivity index (χ1v) is 10.4. The van der Waals surface area contributed by atoms with Gasteiger partial charge in [0.1, 0.15) is 6.54 Å². The number of para-hydroxylation sites is 2. The Hall–Kier alpha value is -2.45. The SMILES string of the molecule is O=C(Cn1c(SC(F)F)nc2ccccc21)N1CCN(Cc2ccccc2)CC1. The number of fused-ring (bicyclic) bond motifs is 1. The van der Waals surface area contributed by atoms with Crippen molar-refractivity contribution >= 4 is 28.7 Å². The minimum atomic E-state index is -2.58. The lowest BCUT2D eigenvalue weighted by Crippen LogP contribution is -2.49. The molecule has 2 heterocycles. The van der Waals surface area contributed by atoms with Gasteiger partial charge in [-0.2, -0.15) is 8.78 Å². The van der Waals surface area contributed by atoms with Crippen LogP contribution in [-0.4, -0.2) is 57.2 Å². The van der Waals surface area contributed by atoms with E-state index < -0.39 is 5.76 Å². The van der Waals surface area contributed by atoms with Crippen LogP contribution in [0.15, 0.2) is 59.8 Å². The second kappa shape index (κ2) is 8.92. The molecule has 0 saturated carbocycles. The van der Waals surface area contributed by atoms with Gasteiger partial charge in [-0.25, -0.2) is 4.98 Å². The molecule has 0 bridgehead atoms. The maximum Gasteiger partial charge on any atom is 0.291 e. The predicted octanol–water partition coefficient (Wildman–Crippen LogP) is 3.70. The number of alkyl halides is 2. The molecule has 0 unspecified atom stereocenters. The normalized spacial score (nSPS) is 15.3. The van der Waals surface area contributed by atoms with Crippen molar-refractivity contribution in [3.8, 4) is 0 Å². The minimum absolute atomic E-state index is 0.0221. The second-order valence-electron chi connectivity index (χ2n) is 6.99. The van der Waals surface area contributed by atoms with Crippen LogP contribution in [0.3, 0.4) is 0 Å². The van der Waals surface area contributed by atoms with Crippen LogP contribution in [0.5, 0.6) is 0 Å². The summed E-state index contributed by atoms with van der Waals surface area (Å²) in [5.74, 6) is -2.65. The number of nitrogens with zero attached hydrogens (tertiary/aromatic N) is 4. The van der Waals surface area contributed by atoms with Crippen molar-refractivity contribution in [1.82, 2.24) is 19.4 Å². The molecule has 3 aromatic rings. The van der Waals surface area contributed by atoms with Gasteiger partial charge in [0.25, 0.3) is 5.76 Å². The van der Waals surface area contributed by atoms with E-state index in [2.05, 4.69) is 22.0 Å². The molecule has 0 spiro atoms. The molecule has 1 aliphatic heterocycles. The topological polar surface area (TPSA) is 41.4 Å². The van der Waals surface area contributed by atoms with Crippen molar-refractivity contribution in [2.45, 2.75) is 24.0 Å². The standard InChI is InChI=1S/C21H22F2N4OS/c22-20(23)29-21-24-17-8-4-5-9-18(17)27(21)15-19(28)26-12-10-25(11-13-26)14-16-6-2-1-3-7-16/h1-9,20H,10-15H2. The maximum absolute atomic E-state index is 13.0. The summed E-state index contributed by atoms with van der Waals surface area (Å²) in [4.78, 5) is 21.3. The summed E-state index contributed by atoms with van der Waals surface area (Å²) in [5, 5.41) is 0.178. The van der Waals surface area contributed by atoms with Gasteiger partial charge in [0.2, 0.25) is 5.91 Å². The van der Waals surface area contributed by atoms with Gasteiger partial charge in [0.15, 0.2) is 5.16 Å². The van der Waals surface area contributed by atoms with Crippen molar-refractivity contribution in [3.63, 3.8) is 0 Å². The summed E-state index contributed by atoms with van der Waals surface area (Å²) in [6, 6.07) is 17.5. The van der Waals surface area contributed by atoms with Crippen LogP contribution in [-0.2, 0) is 17.9 Å². The average molecular weight is 416 g/mol. The first-order valence-electron chi connectivity index (χ1n) is 9.54. The van der Waals surface area contributed by atoms with E-state index in [1.54, 1.807) is 10.6 Å². The molecule has 0 N–H and O–H groups in total. The summed E-state index contributed by atoms with van der Waals surface area (Å²) in [5.41, 5.74) is 2.58. The van der Waals surface area contributed by atoms with Crippen molar-refractivity contribution < 1.29 is 13.6 Å².